The van der Waals surface area contributed by atoms with E-state index >= 15 is 0 Å². The fourth-order valence-electron chi connectivity index (χ4n) is 1.71. The molecule has 0 aliphatic carbocycles. The highest BCUT2D eigenvalue weighted by Crippen LogP contribution is 2.18. The van der Waals surface area contributed by atoms with Crippen LogP contribution in [0.2, 0.25) is 0 Å². The van der Waals surface area contributed by atoms with Gasteiger partial charge in [0.25, 0.3) is 0 Å². The van der Waals surface area contributed by atoms with Gasteiger partial charge in [-0.05, 0) is 31.0 Å². The van der Waals surface area contributed by atoms with Crippen LogP contribution in [0.25, 0.3) is 0 Å². The number of nitrogens with zero attached hydrogens (tertiary/aromatic N) is 3. The van der Waals surface area contributed by atoms with E-state index in [2.05, 4.69) is 15.0 Å². The lowest BCUT2D eigenvalue weighted by molar-refractivity contribution is -0.147. The molecule has 0 bridgehead atoms. The maximum absolute atomic E-state index is 11.7. The van der Waals surface area contributed by atoms with E-state index in [4.69, 9.17) is 20.9 Å². The molecule has 1 aromatic carbocycles. The van der Waals surface area contributed by atoms with E-state index in [9.17, 15) is 4.79 Å². The molecule has 0 aliphatic heterocycles. The van der Waals surface area contributed by atoms with E-state index in [0.717, 1.165) is 11.1 Å². The molecule has 0 radical (unpaired) electrons. The zero-order chi connectivity index (χ0) is 16.1. The molecule has 4 N–H and O–H groups in total. The molecule has 2 rings (SSSR count). The van der Waals surface area contributed by atoms with Crippen molar-refractivity contribution in [3.63, 3.8) is 0 Å². The second kappa shape index (κ2) is 6.70. The number of esters is 1. The molecule has 8 nitrogen and oxygen atoms in total. The molecular formula is C14H17N5O3. The number of carbonyl (C=O) groups is 1. The van der Waals surface area contributed by atoms with Gasteiger partial charge >= 0.3 is 5.97 Å². The number of nitrogen functional groups attached to an aromatic ring is 2. The fourth-order valence-corrected chi connectivity index (χ4v) is 1.71. The molecule has 0 saturated carbocycles. The predicted octanol–water partition coefficient (Wildman–Crippen LogP) is 0.775. The van der Waals surface area contributed by atoms with Crippen molar-refractivity contribution in [1.29, 1.82) is 0 Å². The van der Waals surface area contributed by atoms with Crippen LogP contribution in [0.3, 0.4) is 0 Å². The van der Waals surface area contributed by atoms with Gasteiger partial charge in [-0.15, -0.1) is 0 Å². The van der Waals surface area contributed by atoms with Gasteiger partial charge in [0.1, 0.15) is 5.75 Å². The SMILES string of the molecule is Cc1ccc(C)c(OCC(=O)OCc2nc(N)nc(N)n2)c1. The molecule has 8 heteroatoms. The third-order valence-corrected chi connectivity index (χ3v) is 2.77. The zero-order valence-electron chi connectivity index (χ0n) is 12.4. The van der Waals surface area contributed by atoms with Gasteiger partial charge in [0.2, 0.25) is 11.9 Å². The largest absolute Gasteiger partial charge is 0.482 e. The molecule has 0 atom stereocenters. The number of ether oxygens (including phenoxy) is 2. The maximum atomic E-state index is 11.7. The Labute approximate surface area is 127 Å². The van der Waals surface area contributed by atoms with Crippen LogP contribution in [-0.2, 0) is 16.1 Å². The molecule has 22 heavy (non-hydrogen) atoms. The Hall–Kier alpha value is -2.90. The van der Waals surface area contributed by atoms with Crippen LogP contribution < -0.4 is 16.2 Å². The first kappa shape index (κ1) is 15.5. The monoisotopic (exact) mass is 303 g/mol. The summed E-state index contributed by atoms with van der Waals surface area (Å²) in [6.45, 7) is 3.49. The highest BCUT2D eigenvalue weighted by molar-refractivity contribution is 5.71. The van der Waals surface area contributed by atoms with Gasteiger partial charge < -0.3 is 20.9 Å². The molecular weight excluding hydrogens is 286 g/mol. The fraction of sp³-hybridized carbons (Fsp3) is 0.286. The summed E-state index contributed by atoms with van der Waals surface area (Å²) in [5.74, 6) is 0.240. The van der Waals surface area contributed by atoms with Gasteiger partial charge in [-0.1, -0.05) is 12.1 Å². The summed E-state index contributed by atoms with van der Waals surface area (Å²) >= 11 is 0. The van der Waals surface area contributed by atoms with Crippen molar-refractivity contribution in [3.05, 3.63) is 35.2 Å². The Morgan fingerprint density at radius 1 is 1.14 bits per heavy atom. The molecule has 1 heterocycles. The van der Waals surface area contributed by atoms with Crippen molar-refractivity contribution >= 4 is 17.9 Å². The van der Waals surface area contributed by atoms with E-state index in [1.54, 1.807) is 0 Å². The summed E-state index contributed by atoms with van der Waals surface area (Å²) in [6, 6.07) is 5.75. The minimum absolute atomic E-state index is 0.0230. The minimum Gasteiger partial charge on any atom is -0.482 e. The van der Waals surface area contributed by atoms with Gasteiger partial charge in [-0.25, -0.2) is 4.79 Å². The van der Waals surface area contributed by atoms with Crippen LogP contribution in [0.5, 0.6) is 5.75 Å². The van der Waals surface area contributed by atoms with Crippen molar-refractivity contribution in [2.24, 2.45) is 0 Å². The molecule has 0 unspecified atom stereocenters. The third kappa shape index (κ3) is 4.30. The van der Waals surface area contributed by atoms with E-state index in [1.807, 2.05) is 32.0 Å². The molecule has 0 fully saturated rings. The number of rotatable bonds is 5. The summed E-state index contributed by atoms with van der Waals surface area (Å²) in [5.41, 5.74) is 12.8. The first-order valence-corrected chi connectivity index (χ1v) is 6.55. The number of aryl methyl sites for hydroxylation is 2. The highest BCUT2D eigenvalue weighted by Gasteiger charge is 2.09. The first-order chi connectivity index (χ1) is 10.4. The van der Waals surface area contributed by atoms with Gasteiger partial charge in [-0.3, -0.25) is 0 Å². The second-order valence-electron chi connectivity index (χ2n) is 4.69. The van der Waals surface area contributed by atoms with Crippen molar-refractivity contribution in [3.8, 4) is 5.75 Å². The third-order valence-electron chi connectivity index (χ3n) is 2.77. The zero-order valence-corrected chi connectivity index (χ0v) is 12.4. The molecule has 0 aliphatic rings. The number of anilines is 2. The van der Waals surface area contributed by atoms with Crippen LogP contribution >= 0.6 is 0 Å². The number of aromatic nitrogens is 3. The summed E-state index contributed by atoms with van der Waals surface area (Å²) in [6.07, 6.45) is 0. The van der Waals surface area contributed by atoms with Crippen molar-refractivity contribution < 1.29 is 14.3 Å². The number of benzene rings is 1. The Morgan fingerprint density at radius 3 is 2.50 bits per heavy atom. The molecule has 2 aromatic rings. The maximum Gasteiger partial charge on any atom is 0.344 e. The van der Waals surface area contributed by atoms with E-state index in [-0.39, 0.29) is 30.9 Å². The summed E-state index contributed by atoms with van der Waals surface area (Å²) < 4.78 is 10.4. The Kier molecular flexibility index (Phi) is 4.72. The minimum atomic E-state index is -0.543. The van der Waals surface area contributed by atoms with Gasteiger partial charge in [0.15, 0.2) is 19.0 Å². The quantitative estimate of drug-likeness (QED) is 0.776. The van der Waals surface area contributed by atoms with E-state index in [0.29, 0.717) is 5.75 Å². The van der Waals surface area contributed by atoms with E-state index < -0.39 is 5.97 Å². The predicted molar refractivity (Wildman–Crippen MR) is 79.9 cm³/mol. The molecule has 116 valence electrons. The lowest BCUT2D eigenvalue weighted by Crippen LogP contribution is -2.16. The highest BCUT2D eigenvalue weighted by atomic mass is 16.6. The van der Waals surface area contributed by atoms with Gasteiger partial charge in [0, 0.05) is 0 Å². The second-order valence-corrected chi connectivity index (χ2v) is 4.69. The van der Waals surface area contributed by atoms with Crippen LogP contribution in [0.15, 0.2) is 18.2 Å². The molecule has 0 saturated heterocycles. The number of hydrogen-bond acceptors (Lipinski definition) is 8. The summed E-state index contributed by atoms with van der Waals surface area (Å²) in [5, 5.41) is 0. The number of carbonyl (C=O) groups excluding carboxylic acids is 1. The topological polar surface area (TPSA) is 126 Å². The van der Waals surface area contributed by atoms with Crippen LogP contribution in [0, 0.1) is 13.8 Å². The number of hydrogen-bond donors (Lipinski definition) is 2. The standard InChI is InChI=1S/C14H17N5O3/c1-8-3-4-9(2)10(5-8)21-7-12(20)22-6-11-17-13(15)19-14(16)18-11/h3-5H,6-7H2,1-2H3,(H4,15,16,17,18,19). The normalized spacial score (nSPS) is 10.3. The van der Waals surface area contributed by atoms with E-state index in [1.165, 1.54) is 0 Å². The lowest BCUT2D eigenvalue weighted by atomic mass is 10.1. The van der Waals surface area contributed by atoms with Crippen LogP contribution in [-0.4, -0.2) is 27.5 Å². The Bertz CT molecular complexity index is 670. The lowest BCUT2D eigenvalue weighted by Gasteiger charge is -2.09. The summed E-state index contributed by atoms with van der Waals surface area (Å²) in [4.78, 5) is 22.9. The molecule has 0 amide bonds. The summed E-state index contributed by atoms with van der Waals surface area (Å²) in [7, 11) is 0. The van der Waals surface area contributed by atoms with Crippen molar-refractivity contribution in [2.45, 2.75) is 20.5 Å². The van der Waals surface area contributed by atoms with Gasteiger partial charge in [-0.2, -0.15) is 15.0 Å². The molecule has 1 aromatic heterocycles. The average Bonchev–Trinajstić information content (AvgIpc) is 2.45. The smallest absolute Gasteiger partial charge is 0.344 e. The Balaban J connectivity index is 1.86. The first-order valence-electron chi connectivity index (χ1n) is 6.55. The molecule has 0 spiro atoms. The van der Waals surface area contributed by atoms with Crippen molar-refractivity contribution in [2.75, 3.05) is 18.1 Å². The van der Waals surface area contributed by atoms with Crippen LogP contribution in [0.4, 0.5) is 11.9 Å². The number of nitrogens with two attached hydrogens (primary N) is 2. The van der Waals surface area contributed by atoms with Crippen LogP contribution in [0.1, 0.15) is 17.0 Å². The van der Waals surface area contributed by atoms with Crippen molar-refractivity contribution in [1.82, 2.24) is 15.0 Å². The average molecular weight is 303 g/mol. The van der Waals surface area contributed by atoms with Gasteiger partial charge in [0.05, 0.1) is 0 Å². The Morgan fingerprint density at radius 2 is 1.82 bits per heavy atom.